The Labute approximate surface area is 435 Å². The fourth-order valence-electron chi connectivity index (χ4n) is 13.1. The molecule has 17 rings (SSSR count). The number of hydrogen-bond acceptors (Lipinski definition) is 2. The Morgan fingerprint density at radius 3 is 0.750 bits per heavy atom. The number of rotatable bonds is 4. The lowest BCUT2D eigenvalue weighted by Gasteiger charge is -2.21. The van der Waals surface area contributed by atoms with E-state index >= 15 is 0 Å². The smallest absolute Gasteiger partial charge is 0.135 e. The van der Waals surface area contributed by atoms with Gasteiger partial charge in [0.15, 0.2) is 0 Å². The number of fused-ring (bicyclic) bond motifs is 20. The molecule has 0 fully saturated rings. The molecule has 0 amide bonds. The van der Waals surface area contributed by atoms with E-state index in [0.29, 0.717) is 0 Å². The van der Waals surface area contributed by atoms with Crippen molar-refractivity contribution in [2.75, 3.05) is 0 Å². The molecule has 2 heteroatoms. The van der Waals surface area contributed by atoms with Crippen molar-refractivity contribution in [2.45, 2.75) is 0 Å². The van der Waals surface area contributed by atoms with Crippen LogP contribution in [0.25, 0.3) is 175 Å². The fourth-order valence-corrected chi connectivity index (χ4v) is 13.1. The van der Waals surface area contributed by atoms with Gasteiger partial charge in [-0.15, -0.1) is 0 Å². The molecule has 0 bridgehead atoms. The predicted molar refractivity (Wildman–Crippen MR) is 323 cm³/mol. The summed E-state index contributed by atoms with van der Waals surface area (Å²) in [5.41, 5.74) is 13.0. The van der Waals surface area contributed by atoms with Crippen LogP contribution < -0.4 is 0 Å². The van der Waals surface area contributed by atoms with Crippen LogP contribution >= 0.6 is 0 Å². The maximum Gasteiger partial charge on any atom is 0.135 e. The van der Waals surface area contributed by atoms with E-state index in [-0.39, 0.29) is 0 Å². The first kappa shape index (κ1) is 41.5. The van der Waals surface area contributed by atoms with Gasteiger partial charge in [-0.3, -0.25) is 0 Å². The lowest BCUT2D eigenvalue weighted by molar-refractivity contribution is 0.668. The van der Waals surface area contributed by atoms with E-state index in [9.17, 15) is 0 Å². The van der Waals surface area contributed by atoms with Crippen molar-refractivity contribution in [1.82, 2.24) is 0 Å². The summed E-state index contributed by atoms with van der Waals surface area (Å²) in [6.07, 6.45) is 0. The average Bonchev–Trinajstić information content (AvgIpc) is 4.07. The zero-order valence-electron chi connectivity index (χ0n) is 41.1. The van der Waals surface area contributed by atoms with E-state index in [0.717, 1.165) is 66.1 Å². The molecule has 2 heterocycles. The summed E-state index contributed by atoms with van der Waals surface area (Å²) in [4.78, 5) is 0. The first-order valence-corrected chi connectivity index (χ1v) is 26.2. The zero-order chi connectivity index (χ0) is 49.6. The molecule has 76 heavy (non-hydrogen) atoms. The van der Waals surface area contributed by atoms with Gasteiger partial charge in [0.2, 0.25) is 0 Å². The number of benzene rings is 15. The third-order valence-corrected chi connectivity index (χ3v) is 16.6. The zero-order valence-corrected chi connectivity index (χ0v) is 41.1. The number of hydrogen-bond donors (Lipinski definition) is 0. The van der Waals surface area contributed by atoms with Gasteiger partial charge in [0, 0.05) is 21.5 Å². The highest BCUT2D eigenvalue weighted by atomic mass is 16.3. The predicted octanol–water partition coefficient (Wildman–Crippen LogP) is 21.4. The van der Waals surface area contributed by atoms with Crippen LogP contribution in [0, 0.1) is 0 Å². The minimum Gasteiger partial charge on any atom is -0.456 e. The van der Waals surface area contributed by atoms with Gasteiger partial charge in [0.25, 0.3) is 0 Å². The Hall–Kier alpha value is -10.0. The van der Waals surface area contributed by atoms with Gasteiger partial charge in [-0.25, -0.2) is 0 Å². The molecule has 0 N–H and O–H groups in total. The van der Waals surface area contributed by atoms with Gasteiger partial charge in [0.1, 0.15) is 22.3 Å². The third-order valence-electron chi connectivity index (χ3n) is 16.6. The van der Waals surface area contributed by atoms with Gasteiger partial charge >= 0.3 is 0 Å². The summed E-state index contributed by atoms with van der Waals surface area (Å²) >= 11 is 0. The molecule has 0 unspecified atom stereocenters. The standard InChI is InChI=1S/C74H42O2/c1-3-17-53-49(13-1)51-15-5-7-19-55(51)63-41-47(27-31-57(53)63)73-61-33-25-44(46-30-36-72-66(38-46)60-22-10-12-24-70(60)76-72)40-68(61)74(48-28-32-58-54-18-4-2-14-50(54)52-16-6-8-20-56(52)64(58)42-48)62-34-26-43(39-67(62)73)45-29-35-71-65(37-45)59-21-9-11-23-69(59)75-71/h1-42H. The molecule has 0 saturated carbocycles. The Balaban J connectivity index is 1.00. The second-order valence-electron chi connectivity index (χ2n) is 20.6. The summed E-state index contributed by atoms with van der Waals surface area (Å²) < 4.78 is 12.7. The molecule has 0 aliphatic heterocycles. The molecular weight excluding hydrogens is 921 g/mol. The molecule has 2 nitrogen and oxygen atoms in total. The molecule has 350 valence electrons. The van der Waals surface area contributed by atoms with Gasteiger partial charge in [-0.1, -0.05) is 194 Å². The van der Waals surface area contributed by atoms with Crippen LogP contribution in [0.1, 0.15) is 0 Å². The monoisotopic (exact) mass is 962 g/mol. The quantitative estimate of drug-likeness (QED) is 0.130. The van der Waals surface area contributed by atoms with Crippen LogP contribution in [0.2, 0.25) is 0 Å². The largest absolute Gasteiger partial charge is 0.456 e. The van der Waals surface area contributed by atoms with E-state index in [1.54, 1.807) is 0 Å². The van der Waals surface area contributed by atoms with Crippen molar-refractivity contribution >= 4 is 130 Å². The Bertz CT molecular complexity index is 4950. The van der Waals surface area contributed by atoms with Crippen molar-refractivity contribution in [3.8, 4) is 44.5 Å². The molecule has 0 radical (unpaired) electrons. The average molecular weight is 963 g/mol. The van der Waals surface area contributed by atoms with Crippen molar-refractivity contribution in [3.63, 3.8) is 0 Å². The molecule has 2 aromatic heterocycles. The summed E-state index contributed by atoms with van der Waals surface area (Å²) in [5.74, 6) is 0. The van der Waals surface area contributed by atoms with E-state index in [1.807, 2.05) is 12.1 Å². The lowest BCUT2D eigenvalue weighted by Crippen LogP contribution is -1.94. The molecule has 15 aromatic carbocycles. The topological polar surface area (TPSA) is 26.3 Å². The normalized spacial score (nSPS) is 12.2. The molecule has 0 aliphatic carbocycles. The van der Waals surface area contributed by atoms with E-state index in [1.165, 1.54) is 108 Å². The van der Waals surface area contributed by atoms with E-state index in [4.69, 9.17) is 8.83 Å². The van der Waals surface area contributed by atoms with Crippen LogP contribution in [-0.4, -0.2) is 0 Å². The minimum atomic E-state index is 0.892. The first-order chi connectivity index (χ1) is 37.7. The first-order valence-electron chi connectivity index (χ1n) is 26.2. The van der Waals surface area contributed by atoms with Crippen LogP contribution in [0.3, 0.4) is 0 Å². The van der Waals surface area contributed by atoms with Crippen molar-refractivity contribution in [3.05, 3.63) is 255 Å². The summed E-state index contributed by atoms with van der Waals surface area (Å²) in [7, 11) is 0. The second kappa shape index (κ2) is 15.7. The Morgan fingerprint density at radius 2 is 0.382 bits per heavy atom. The van der Waals surface area contributed by atoms with Gasteiger partial charge < -0.3 is 8.83 Å². The second-order valence-corrected chi connectivity index (χ2v) is 20.6. The lowest BCUT2D eigenvalue weighted by atomic mass is 9.82. The SMILES string of the molecule is c1ccc2c(c1)oc1ccc(-c3ccc4c(-c5ccc6c7ccccc7c7ccccc7c6c5)c5cc(-c6ccc7oc8ccccc8c7c6)ccc5c(-c5ccc6c7ccccc7c7ccccc7c6c5)c4c3)cc12. The molecule has 0 aliphatic rings. The van der Waals surface area contributed by atoms with Crippen molar-refractivity contribution in [2.24, 2.45) is 0 Å². The van der Waals surface area contributed by atoms with Crippen molar-refractivity contribution in [1.29, 1.82) is 0 Å². The number of para-hydroxylation sites is 2. The van der Waals surface area contributed by atoms with Gasteiger partial charge in [-0.2, -0.15) is 0 Å². The van der Waals surface area contributed by atoms with Crippen molar-refractivity contribution < 1.29 is 8.83 Å². The fraction of sp³-hybridized carbons (Fsp3) is 0. The highest BCUT2D eigenvalue weighted by Crippen LogP contribution is 2.49. The molecule has 0 spiro atoms. The van der Waals surface area contributed by atoms with Crippen LogP contribution in [0.5, 0.6) is 0 Å². The van der Waals surface area contributed by atoms with Gasteiger partial charge in [0.05, 0.1) is 0 Å². The maximum atomic E-state index is 6.35. The molecule has 0 atom stereocenters. The summed E-state index contributed by atoms with van der Waals surface area (Å²) in [5, 5.41) is 24.4. The minimum absolute atomic E-state index is 0.892. The highest BCUT2D eigenvalue weighted by Gasteiger charge is 2.22. The van der Waals surface area contributed by atoms with Crippen LogP contribution in [0.4, 0.5) is 0 Å². The van der Waals surface area contributed by atoms with Crippen LogP contribution in [0.15, 0.2) is 264 Å². The van der Waals surface area contributed by atoms with Crippen LogP contribution in [-0.2, 0) is 0 Å². The van der Waals surface area contributed by atoms with E-state index < -0.39 is 0 Å². The summed E-state index contributed by atoms with van der Waals surface area (Å²) in [6.45, 7) is 0. The number of furan rings is 2. The van der Waals surface area contributed by atoms with E-state index in [2.05, 4.69) is 243 Å². The molecule has 17 aromatic rings. The molecule has 0 saturated heterocycles. The Morgan fingerprint density at radius 1 is 0.145 bits per heavy atom. The highest BCUT2D eigenvalue weighted by molar-refractivity contribution is 6.30. The summed E-state index contributed by atoms with van der Waals surface area (Å²) in [6, 6.07) is 94.3. The van der Waals surface area contributed by atoms with Gasteiger partial charge in [-0.05, 0) is 191 Å². The third kappa shape index (κ3) is 5.98. The molecular formula is C74H42O2. The Kier molecular flexibility index (Phi) is 8.59. The maximum absolute atomic E-state index is 6.35.